The second-order valence-electron chi connectivity index (χ2n) is 6.06. The fourth-order valence-electron chi connectivity index (χ4n) is 2.88. The molecule has 0 spiro atoms. The van der Waals surface area contributed by atoms with Crippen LogP contribution < -0.4 is 5.32 Å². The van der Waals surface area contributed by atoms with Crippen molar-refractivity contribution in [3.8, 4) is 0 Å². The summed E-state index contributed by atoms with van der Waals surface area (Å²) < 4.78 is 10.9. The highest BCUT2D eigenvalue weighted by atomic mass is 16.5. The van der Waals surface area contributed by atoms with Crippen molar-refractivity contribution in [3.63, 3.8) is 0 Å². The van der Waals surface area contributed by atoms with E-state index in [4.69, 9.17) is 9.26 Å². The van der Waals surface area contributed by atoms with Crippen molar-refractivity contribution >= 4 is 0 Å². The summed E-state index contributed by atoms with van der Waals surface area (Å²) in [7, 11) is 0. The average Bonchev–Trinajstić information content (AvgIpc) is 3.23. The van der Waals surface area contributed by atoms with E-state index in [9.17, 15) is 0 Å². The maximum Gasteiger partial charge on any atom is 0.228 e. The highest BCUT2D eigenvalue weighted by Crippen LogP contribution is 2.34. The van der Waals surface area contributed by atoms with E-state index in [2.05, 4.69) is 22.4 Å². The van der Waals surface area contributed by atoms with E-state index in [1.165, 1.54) is 12.8 Å². The van der Waals surface area contributed by atoms with Crippen LogP contribution in [0, 0.1) is 5.92 Å². The fourth-order valence-corrected chi connectivity index (χ4v) is 2.88. The van der Waals surface area contributed by atoms with Crippen molar-refractivity contribution in [3.05, 3.63) is 11.7 Å². The Hall–Kier alpha value is -0.940. The Kier molecular flexibility index (Phi) is 4.68. The zero-order chi connectivity index (χ0) is 13.8. The normalized spacial score (nSPS) is 24.8. The van der Waals surface area contributed by atoms with Gasteiger partial charge in [-0.15, -0.1) is 0 Å². The van der Waals surface area contributed by atoms with E-state index in [1.807, 2.05) is 0 Å². The van der Waals surface area contributed by atoms with Gasteiger partial charge in [-0.05, 0) is 44.6 Å². The van der Waals surface area contributed by atoms with Crippen molar-refractivity contribution in [1.29, 1.82) is 0 Å². The Bertz CT molecular complexity index is 411. The summed E-state index contributed by atoms with van der Waals surface area (Å²) in [5, 5.41) is 7.78. The Labute approximate surface area is 120 Å². The van der Waals surface area contributed by atoms with Gasteiger partial charge in [-0.1, -0.05) is 12.1 Å². The fraction of sp³-hybridized carbons (Fsp3) is 0.867. The molecular weight excluding hydrogens is 254 g/mol. The summed E-state index contributed by atoms with van der Waals surface area (Å²) >= 11 is 0. The predicted octanol–water partition coefficient (Wildman–Crippen LogP) is 2.28. The molecule has 1 aliphatic heterocycles. The van der Waals surface area contributed by atoms with Crippen LogP contribution >= 0.6 is 0 Å². The number of hydrogen-bond donors (Lipinski definition) is 1. The lowest BCUT2D eigenvalue weighted by molar-refractivity contribution is 0.0773. The van der Waals surface area contributed by atoms with Crippen LogP contribution in [0.4, 0.5) is 0 Å². The van der Waals surface area contributed by atoms with Gasteiger partial charge in [0.25, 0.3) is 0 Å². The Morgan fingerprint density at radius 1 is 1.35 bits per heavy atom. The van der Waals surface area contributed by atoms with Gasteiger partial charge < -0.3 is 14.6 Å². The molecule has 5 nitrogen and oxygen atoms in total. The van der Waals surface area contributed by atoms with E-state index in [0.29, 0.717) is 12.0 Å². The molecule has 1 aromatic rings. The van der Waals surface area contributed by atoms with Crippen LogP contribution in [0.3, 0.4) is 0 Å². The highest BCUT2D eigenvalue weighted by Gasteiger charge is 2.32. The summed E-state index contributed by atoms with van der Waals surface area (Å²) in [6.07, 6.45) is 6.90. The van der Waals surface area contributed by atoms with Crippen molar-refractivity contribution in [2.75, 3.05) is 19.8 Å². The van der Waals surface area contributed by atoms with Gasteiger partial charge >= 0.3 is 0 Å². The van der Waals surface area contributed by atoms with E-state index in [-0.39, 0.29) is 0 Å². The van der Waals surface area contributed by atoms with Gasteiger partial charge in [0.1, 0.15) is 0 Å². The molecule has 1 N–H and O–H groups in total. The molecule has 0 aromatic carbocycles. The third-order valence-electron chi connectivity index (χ3n) is 4.25. The molecule has 1 aliphatic carbocycles. The van der Waals surface area contributed by atoms with Gasteiger partial charge in [0.15, 0.2) is 5.82 Å². The number of ether oxygens (including phenoxy) is 1. The minimum absolute atomic E-state index is 0.323. The van der Waals surface area contributed by atoms with Crippen LogP contribution in [0.2, 0.25) is 0 Å². The lowest BCUT2D eigenvalue weighted by atomic mass is 10.0. The van der Waals surface area contributed by atoms with Crippen LogP contribution in [0.5, 0.6) is 0 Å². The van der Waals surface area contributed by atoms with Crippen molar-refractivity contribution in [1.82, 2.24) is 15.5 Å². The van der Waals surface area contributed by atoms with Gasteiger partial charge in [-0.3, -0.25) is 0 Å². The topological polar surface area (TPSA) is 60.2 Å². The largest absolute Gasteiger partial charge is 0.381 e. The first-order valence-electron chi connectivity index (χ1n) is 8.00. The molecule has 0 bridgehead atoms. The summed E-state index contributed by atoms with van der Waals surface area (Å²) in [6, 6.07) is 0.505. The molecule has 3 rings (SSSR count). The van der Waals surface area contributed by atoms with Gasteiger partial charge in [0, 0.05) is 25.0 Å². The van der Waals surface area contributed by atoms with Gasteiger partial charge in [-0.2, -0.15) is 4.98 Å². The minimum Gasteiger partial charge on any atom is -0.381 e. The summed E-state index contributed by atoms with van der Waals surface area (Å²) in [6.45, 7) is 4.87. The zero-order valence-corrected chi connectivity index (χ0v) is 12.3. The third kappa shape index (κ3) is 3.58. The van der Waals surface area contributed by atoms with Crippen LogP contribution in [-0.4, -0.2) is 35.9 Å². The Morgan fingerprint density at radius 2 is 2.25 bits per heavy atom. The van der Waals surface area contributed by atoms with Gasteiger partial charge in [-0.25, -0.2) is 0 Å². The minimum atomic E-state index is 0.323. The third-order valence-corrected chi connectivity index (χ3v) is 4.25. The monoisotopic (exact) mass is 279 g/mol. The molecule has 5 heteroatoms. The molecule has 1 saturated heterocycles. The zero-order valence-electron chi connectivity index (χ0n) is 12.3. The molecule has 2 heterocycles. The molecule has 0 radical (unpaired) electrons. The Morgan fingerprint density at radius 3 is 2.95 bits per heavy atom. The number of rotatable bonds is 7. The summed E-state index contributed by atoms with van der Waals surface area (Å²) in [4.78, 5) is 4.59. The number of hydrogen-bond acceptors (Lipinski definition) is 5. The van der Waals surface area contributed by atoms with Crippen LogP contribution in [0.15, 0.2) is 4.52 Å². The van der Waals surface area contributed by atoms with Crippen LogP contribution in [-0.2, 0) is 11.2 Å². The molecule has 2 atom stereocenters. The molecule has 112 valence electrons. The second-order valence-corrected chi connectivity index (χ2v) is 6.06. The highest BCUT2D eigenvalue weighted by molar-refractivity contribution is 4.99. The Balaban J connectivity index is 1.57. The summed E-state index contributed by atoms with van der Waals surface area (Å²) in [5.41, 5.74) is 0. The first-order chi connectivity index (χ1) is 9.86. The SMILES string of the molecule is CCCNC(Cc1nc(C2CCCOC2)no1)C1CC1. The second kappa shape index (κ2) is 6.68. The molecule has 2 unspecified atom stereocenters. The maximum absolute atomic E-state index is 5.49. The number of aromatic nitrogens is 2. The van der Waals surface area contributed by atoms with E-state index in [0.717, 1.165) is 63.1 Å². The lowest BCUT2D eigenvalue weighted by Gasteiger charge is -2.18. The summed E-state index contributed by atoms with van der Waals surface area (Å²) in [5.74, 6) is 2.75. The van der Waals surface area contributed by atoms with Gasteiger partial charge in [0.05, 0.1) is 6.61 Å². The van der Waals surface area contributed by atoms with E-state index < -0.39 is 0 Å². The number of nitrogens with one attached hydrogen (secondary N) is 1. The molecule has 0 amide bonds. The standard InChI is InChI=1S/C15H25N3O2/c1-2-7-16-13(11-5-6-11)9-14-17-15(18-20-14)12-4-3-8-19-10-12/h11-13,16H,2-10H2,1H3. The predicted molar refractivity (Wildman–Crippen MR) is 75.6 cm³/mol. The molecule has 1 aromatic heterocycles. The van der Waals surface area contributed by atoms with Crippen LogP contribution in [0.1, 0.15) is 56.7 Å². The van der Waals surface area contributed by atoms with E-state index >= 15 is 0 Å². The first-order valence-corrected chi connectivity index (χ1v) is 8.00. The average molecular weight is 279 g/mol. The van der Waals surface area contributed by atoms with Crippen molar-refractivity contribution < 1.29 is 9.26 Å². The first kappa shape index (κ1) is 14.0. The number of nitrogens with zero attached hydrogens (tertiary/aromatic N) is 2. The van der Waals surface area contributed by atoms with E-state index in [1.54, 1.807) is 0 Å². The molecular formula is C15H25N3O2. The lowest BCUT2D eigenvalue weighted by Crippen LogP contribution is -2.33. The smallest absolute Gasteiger partial charge is 0.228 e. The van der Waals surface area contributed by atoms with Crippen LogP contribution in [0.25, 0.3) is 0 Å². The quantitative estimate of drug-likeness (QED) is 0.829. The molecule has 2 aliphatic rings. The van der Waals surface area contributed by atoms with Crippen molar-refractivity contribution in [2.45, 2.75) is 57.4 Å². The molecule has 1 saturated carbocycles. The molecule has 20 heavy (non-hydrogen) atoms. The van der Waals surface area contributed by atoms with Crippen molar-refractivity contribution in [2.24, 2.45) is 5.92 Å². The van der Waals surface area contributed by atoms with Gasteiger partial charge in [0.2, 0.25) is 5.89 Å². The molecule has 2 fully saturated rings. The maximum atomic E-state index is 5.49.